The predicted octanol–water partition coefficient (Wildman–Crippen LogP) is 2.75. The smallest absolute Gasteiger partial charge is 0.261 e. The van der Waals surface area contributed by atoms with Crippen LogP contribution in [-0.2, 0) is 9.53 Å². The third-order valence-electron chi connectivity index (χ3n) is 3.52. The number of methoxy groups -OCH3 is 1. The van der Waals surface area contributed by atoms with Crippen LogP contribution >= 0.6 is 0 Å². The average Bonchev–Trinajstić information content (AvgIpc) is 2.75. The molecular formula is C17H25N3O2. The molecule has 0 radical (unpaired) electrons. The molecule has 0 atom stereocenters. The summed E-state index contributed by atoms with van der Waals surface area (Å²) in [5.41, 5.74) is 3.22. The summed E-state index contributed by atoms with van der Waals surface area (Å²) in [5, 5.41) is 12.0. The van der Waals surface area contributed by atoms with E-state index in [2.05, 4.69) is 23.7 Å². The van der Waals surface area contributed by atoms with E-state index >= 15 is 0 Å². The lowest BCUT2D eigenvalue weighted by Crippen LogP contribution is -2.26. The van der Waals surface area contributed by atoms with E-state index in [4.69, 9.17) is 4.74 Å². The highest BCUT2D eigenvalue weighted by Gasteiger charge is 2.13. The van der Waals surface area contributed by atoms with Crippen molar-refractivity contribution in [1.29, 1.82) is 5.26 Å². The molecule has 5 nitrogen and oxygen atoms in total. The van der Waals surface area contributed by atoms with Crippen molar-refractivity contribution in [3.8, 4) is 6.07 Å². The maximum Gasteiger partial charge on any atom is 0.261 e. The maximum absolute atomic E-state index is 12.0. The van der Waals surface area contributed by atoms with Gasteiger partial charge in [-0.1, -0.05) is 0 Å². The molecule has 1 amide bonds. The van der Waals surface area contributed by atoms with Gasteiger partial charge in [0.05, 0.1) is 0 Å². The second-order valence-electron chi connectivity index (χ2n) is 5.56. The van der Waals surface area contributed by atoms with Crippen molar-refractivity contribution in [1.82, 2.24) is 9.88 Å². The Morgan fingerprint density at radius 3 is 2.68 bits per heavy atom. The Morgan fingerprint density at radius 1 is 1.50 bits per heavy atom. The number of hydrogen-bond acceptors (Lipinski definition) is 3. The molecule has 0 saturated heterocycles. The summed E-state index contributed by atoms with van der Waals surface area (Å²) in [6.07, 6.45) is 2.38. The number of aryl methyl sites for hydroxylation is 1. The van der Waals surface area contributed by atoms with E-state index in [1.807, 2.05) is 26.0 Å². The molecule has 0 aromatic carbocycles. The summed E-state index contributed by atoms with van der Waals surface area (Å²) < 4.78 is 7.12. The van der Waals surface area contributed by atoms with Crippen molar-refractivity contribution in [2.45, 2.75) is 40.2 Å². The van der Waals surface area contributed by atoms with Crippen molar-refractivity contribution >= 4 is 12.0 Å². The Bertz CT molecular complexity index is 592. The number of nitrogens with one attached hydrogen (secondary N) is 1. The van der Waals surface area contributed by atoms with Crippen LogP contribution in [0.1, 0.15) is 43.3 Å². The summed E-state index contributed by atoms with van der Waals surface area (Å²) in [7, 11) is 1.62. The predicted molar refractivity (Wildman–Crippen MR) is 87.4 cm³/mol. The molecule has 0 aliphatic heterocycles. The van der Waals surface area contributed by atoms with E-state index in [0.717, 1.165) is 23.4 Å². The molecule has 0 aliphatic carbocycles. The number of aromatic nitrogens is 1. The molecule has 1 rings (SSSR count). The Morgan fingerprint density at radius 2 is 2.18 bits per heavy atom. The fraction of sp³-hybridized carbons (Fsp3) is 0.529. The van der Waals surface area contributed by atoms with Gasteiger partial charge < -0.3 is 14.6 Å². The second kappa shape index (κ2) is 8.40. The fourth-order valence-electron chi connectivity index (χ4n) is 2.56. The lowest BCUT2D eigenvalue weighted by Gasteiger charge is -2.13. The first kappa shape index (κ1) is 18.0. The first-order chi connectivity index (χ1) is 10.4. The third-order valence-corrected chi connectivity index (χ3v) is 3.52. The topological polar surface area (TPSA) is 67.0 Å². The molecule has 0 fully saturated rings. The lowest BCUT2D eigenvalue weighted by molar-refractivity contribution is -0.117. The largest absolute Gasteiger partial charge is 0.385 e. The Balaban J connectivity index is 2.92. The SMILES string of the molecule is COCCCNC(=O)/C(C#N)=C/c1cc(C)n(C(C)C)c1C. The van der Waals surface area contributed by atoms with Crippen molar-refractivity contribution in [2.24, 2.45) is 0 Å². The molecule has 1 aromatic rings. The first-order valence-corrected chi connectivity index (χ1v) is 7.49. The molecule has 1 aromatic heterocycles. The van der Waals surface area contributed by atoms with Gasteiger partial charge in [-0.05, 0) is 51.8 Å². The van der Waals surface area contributed by atoms with Crippen LogP contribution in [0.2, 0.25) is 0 Å². The minimum Gasteiger partial charge on any atom is -0.385 e. The lowest BCUT2D eigenvalue weighted by atomic mass is 10.1. The van der Waals surface area contributed by atoms with Crippen LogP contribution in [0.3, 0.4) is 0 Å². The normalized spacial score (nSPS) is 11.6. The Kier molecular flexibility index (Phi) is 6.87. The number of amides is 1. The van der Waals surface area contributed by atoms with Crippen LogP contribution in [-0.4, -0.2) is 30.7 Å². The molecule has 0 saturated carbocycles. The molecule has 5 heteroatoms. The van der Waals surface area contributed by atoms with Gasteiger partial charge in [-0.2, -0.15) is 5.26 Å². The van der Waals surface area contributed by atoms with Gasteiger partial charge in [0.15, 0.2) is 0 Å². The monoisotopic (exact) mass is 303 g/mol. The van der Waals surface area contributed by atoms with Gasteiger partial charge in [-0.25, -0.2) is 0 Å². The number of nitriles is 1. The summed E-state index contributed by atoms with van der Waals surface area (Å²) in [6.45, 7) is 9.34. The van der Waals surface area contributed by atoms with Crippen LogP contribution < -0.4 is 5.32 Å². The third kappa shape index (κ3) is 4.47. The van der Waals surface area contributed by atoms with Crippen molar-refractivity contribution in [2.75, 3.05) is 20.3 Å². The van der Waals surface area contributed by atoms with E-state index in [1.165, 1.54) is 0 Å². The van der Waals surface area contributed by atoms with Crippen LogP contribution in [0.4, 0.5) is 0 Å². The highest BCUT2D eigenvalue weighted by Crippen LogP contribution is 2.22. The maximum atomic E-state index is 12.0. The van der Waals surface area contributed by atoms with Crippen LogP contribution in [0.5, 0.6) is 0 Å². The number of carbonyl (C=O) groups excluding carboxylic acids is 1. The zero-order valence-electron chi connectivity index (χ0n) is 14.1. The number of ether oxygens (including phenoxy) is 1. The Labute approximate surface area is 132 Å². The zero-order chi connectivity index (χ0) is 16.7. The highest BCUT2D eigenvalue weighted by molar-refractivity contribution is 6.01. The molecule has 0 aliphatic rings. The van der Waals surface area contributed by atoms with E-state index in [1.54, 1.807) is 13.2 Å². The second-order valence-corrected chi connectivity index (χ2v) is 5.56. The highest BCUT2D eigenvalue weighted by atomic mass is 16.5. The number of rotatable bonds is 7. The van der Waals surface area contributed by atoms with Gasteiger partial charge in [0.25, 0.3) is 5.91 Å². The number of carbonyl (C=O) groups is 1. The fourth-order valence-corrected chi connectivity index (χ4v) is 2.56. The molecule has 1 heterocycles. The molecular weight excluding hydrogens is 278 g/mol. The van der Waals surface area contributed by atoms with E-state index in [-0.39, 0.29) is 11.5 Å². The van der Waals surface area contributed by atoms with Gasteiger partial charge in [-0.3, -0.25) is 4.79 Å². The van der Waals surface area contributed by atoms with Crippen LogP contribution in [0.25, 0.3) is 6.08 Å². The van der Waals surface area contributed by atoms with Gasteiger partial charge in [0.1, 0.15) is 11.6 Å². The van der Waals surface area contributed by atoms with Crippen LogP contribution in [0, 0.1) is 25.2 Å². The first-order valence-electron chi connectivity index (χ1n) is 7.49. The van der Waals surface area contributed by atoms with Crippen molar-refractivity contribution in [3.63, 3.8) is 0 Å². The van der Waals surface area contributed by atoms with E-state index < -0.39 is 0 Å². The number of hydrogen-bond donors (Lipinski definition) is 1. The van der Waals surface area contributed by atoms with Crippen LogP contribution in [0.15, 0.2) is 11.6 Å². The van der Waals surface area contributed by atoms with E-state index in [9.17, 15) is 10.1 Å². The molecule has 120 valence electrons. The number of nitrogens with zero attached hydrogens (tertiary/aromatic N) is 2. The summed E-state index contributed by atoms with van der Waals surface area (Å²) in [5.74, 6) is -0.340. The average molecular weight is 303 g/mol. The Hall–Kier alpha value is -2.06. The summed E-state index contributed by atoms with van der Waals surface area (Å²) in [6, 6.07) is 4.33. The van der Waals surface area contributed by atoms with E-state index in [0.29, 0.717) is 19.2 Å². The molecule has 1 N–H and O–H groups in total. The van der Waals surface area contributed by atoms with Crippen molar-refractivity contribution < 1.29 is 9.53 Å². The zero-order valence-corrected chi connectivity index (χ0v) is 14.1. The minimum atomic E-state index is -0.340. The van der Waals surface area contributed by atoms with Crippen molar-refractivity contribution in [3.05, 3.63) is 28.6 Å². The molecule has 0 bridgehead atoms. The molecule has 0 unspecified atom stereocenters. The summed E-state index contributed by atoms with van der Waals surface area (Å²) >= 11 is 0. The van der Waals surface area contributed by atoms with Gasteiger partial charge in [0, 0.05) is 37.7 Å². The summed E-state index contributed by atoms with van der Waals surface area (Å²) in [4.78, 5) is 12.0. The molecule has 0 spiro atoms. The standard InChI is InChI=1S/C17H25N3O2/c1-12(2)20-13(3)9-15(14(20)4)10-16(11-18)17(21)19-7-6-8-22-5/h9-10,12H,6-8H2,1-5H3,(H,19,21)/b16-10+. The van der Waals surface area contributed by atoms with Gasteiger partial charge >= 0.3 is 0 Å². The van der Waals surface area contributed by atoms with Gasteiger partial charge in [-0.15, -0.1) is 0 Å². The quantitative estimate of drug-likeness (QED) is 0.478. The van der Waals surface area contributed by atoms with Gasteiger partial charge in [0.2, 0.25) is 0 Å². The molecule has 22 heavy (non-hydrogen) atoms. The minimum absolute atomic E-state index is 0.126.